The smallest absolute Gasteiger partial charge is 0.315 e. The van der Waals surface area contributed by atoms with Crippen LogP contribution < -0.4 is 8.92 Å². The highest BCUT2D eigenvalue weighted by molar-refractivity contribution is 7.87. The third-order valence-electron chi connectivity index (χ3n) is 4.09. The van der Waals surface area contributed by atoms with Gasteiger partial charge in [-0.2, -0.15) is 8.42 Å². The zero-order valence-electron chi connectivity index (χ0n) is 13.5. The van der Waals surface area contributed by atoms with Crippen molar-refractivity contribution in [1.29, 1.82) is 0 Å². The molecule has 1 atom stereocenters. The predicted octanol–water partition coefficient (Wildman–Crippen LogP) is 2.58. The van der Waals surface area contributed by atoms with Crippen molar-refractivity contribution in [2.75, 3.05) is 7.11 Å². The summed E-state index contributed by atoms with van der Waals surface area (Å²) >= 11 is 0. The first-order valence-electron chi connectivity index (χ1n) is 7.71. The molecular weight excluding hydrogens is 351 g/mol. The van der Waals surface area contributed by atoms with Crippen LogP contribution in [-0.2, 0) is 32.7 Å². The Morgan fingerprint density at radius 2 is 2.12 bits per heavy atom. The molecule has 1 aromatic rings. The van der Waals surface area contributed by atoms with Gasteiger partial charge in [0.05, 0.1) is 19.4 Å². The summed E-state index contributed by atoms with van der Waals surface area (Å²) in [5.41, 5.74) is 1.09. The summed E-state index contributed by atoms with van der Waals surface area (Å²) in [4.78, 5) is 11.4. The fourth-order valence-electron chi connectivity index (χ4n) is 2.74. The largest absolute Gasteiger partial charge is 0.493 e. The Hall–Kier alpha value is -2.35. The van der Waals surface area contributed by atoms with Crippen LogP contribution in [0.15, 0.2) is 36.2 Å². The molecule has 0 bridgehead atoms. The molecule has 3 rings (SSSR count). The molecule has 1 aromatic carbocycles. The minimum atomic E-state index is -4.07. The standard InChI is InChI=1S/C17H17FO6S/c1-22-15-8-5-11-9-16(19)23-10-14(11)17(15)24-25(20,21)13-4-2-3-12(18)6-7-13/h2-5,8,13H,6-7,9-10H2,1H3. The SMILES string of the molecule is COc1ccc2c(c1OS(=O)(=O)C1C=CC=C(F)CC1)COC(=O)C2. The maximum Gasteiger partial charge on any atom is 0.315 e. The number of carbonyl (C=O) groups excluding carboxylic acids is 1. The van der Waals surface area contributed by atoms with Crippen molar-refractivity contribution in [1.82, 2.24) is 0 Å². The van der Waals surface area contributed by atoms with Crippen molar-refractivity contribution >= 4 is 16.1 Å². The van der Waals surface area contributed by atoms with E-state index in [9.17, 15) is 17.6 Å². The van der Waals surface area contributed by atoms with Gasteiger partial charge in [-0.15, -0.1) is 0 Å². The highest BCUT2D eigenvalue weighted by Gasteiger charge is 2.31. The lowest BCUT2D eigenvalue weighted by Gasteiger charge is -2.22. The van der Waals surface area contributed by atoms with Crippen molar-refractivity contribution < 1.29 is 31.3 Å². The Kier molecular flexibility index (Phi) is 4.80. The third kappa shape index (κ3) is 3.68. The van der Waals surface area contributed by atoms with Crippen LogP contribution in [0.5, 0.6) is 11.5 Å². The van der Waals surface area contributed by atoms with E-state index >= 15 is 0 Å². The number of hydrogen-bond acceptors (Lipinski definition) is 6. The summed E-state index contributed by atoms with van der Waals surface area (Å²) in [6, 6.07) is 3.23. The van der Waals surface area contributed by atoms with E-state index in [1.807, 2.05) is 0 Å². The van der Waals surface area contributed by atoms with Crippen molar-refractivity contribution in [3.05, 3.63) is 47.3 Å². The van der Waals surface area contributed by atoms with E-state index in [0.717, 1.165) is 0 Å². The molecule has 0 radical (unpaired) electrons. The van der Waals surface area contributed by atoms with Crippen LogP contribution in [0.4, 0.5) is 4.39 Å². The summed E-state index contributed by atoms with van der Waals surface area (Å²) < 4.78 is 54.2. The topological polar surface area (TPSA) is 78.9 Å². The summed E-state index contributed by atoms with van der Waals surface area (Å²) in [6.07, 6.45) is 4.13. The molecule has 0 saturated heterocycles. The zero-order valence-corrected chi connectivity index (χ0v) is 14.3. The average molecular weight is 368 g/mol. The van der Waals surface area contributed by atoms with Gasteiger partial charge in [0.2, 0.25) is 0 Å². The number of ether oxygens (including phenoxy) is 2. The van der Waals surface area contributed by atoms with Crippen molar-refractivity contribution in [3.63, 3.8) is 0 Å². The molecule has 1 aliphatic heterocycles. The van der Waals surface area contributed by atoms with Crippen LogP contribution in [0.2, 0.25) is 0 Å². The predicted molar refractivity (Wildman–Crippen MR) is 87.4 cm³/mol. The highest BCUT2D eigenvalue weighted by atomic mass is 32.2. The van der Waals surface area contributed by atoms with Crippen LogP contribution in [0, 0.1) is 0 Å². The molecule has 0 fully saturated rings. The van der Waals surface area contributed by atoms with Crippen molar-refractivity contribution in [2.24, 2.45) is 0 Å². The number of fused-ring (bicyclic) bond motifs is 1. The first-order chi connectivity index (χ1) is 11.9. The lowest BCUT2D eigenvalue weighted by atomic mass is 10.0. The lowest BCUT2D eigenvalue weighted by molar-refractivity contribution is -0.145. The van der Waals surface area contributed by atoms with Crippen molar-refractivity contribution in [3.8, 4) is 11.5 Å². The molecule has 0 N–H and O–H groups in total. The van der Waals surface area contributed by atoms with Crippen LogP contribution in [0.3, 0.4) is 0 Å². The van der Waals surface area contributed by atoms with E-state index in [1.165, 1.54) is 25.3 Å². The number of cyclic esters (lactones) is 1. The molecule has 134 valence electrons. The van der Waals surface area contributed by atoms with Gasteiger partial charge in [-0.3, -0.25) is 4.79 Å². The van der Waals surface area contributed by atoms with Crippen LogP contribution in [0.25, 0.3) is 0 Å². The Morgan fingerprint density at radius 1 is 1.32 bits per heavy atom. The van der Waals surface area contributed by atoms with Gasteiger partial charge >= 0.3 is 16.1 Å². The minimum absolute atomic E-state index is 0.0126. The van der Waals surface area contributed by atoms with Gasteiger partial charge in [0.25, 0.3) is 0 Å². The summed E-state index contributed by atoms with van der Waals surface area (Å²) in [5, 5.41) is -0.983. The minimum Gasteiger partial charge on any atom is -0.493 e. The van der Waals surface area contributed by atoms with Gasteiger partial charge in [-0.1, -0.05) is 18.2 Å². The average Bonchev–Trinajstić information content (AvgIpc) is 2.80. The summed E-state index contributed by atoms with van der Waals surface area (Å²) in [7, 11) is -2.68. The Bertz CT molecular complexity index is 856. The molecule has 1 unspecified atom stereocenters. The molecule has 0 aromatic heterocycles. The molecule has 1 aliphatic carbocycles. The fourth-order valence-corrected chi connectivity index (χ4v) is 3.97. The van der Waals surface area contributed by atoms with Gasteiger partial charge in [-0.05, 0) is 24.1 Å². The fraction of sp³-hybridized carbons (Fsp3) is 0.353. The van der Waals surface area contributed by atoms with Crippen LogP contribution >= 0.6 is 0 Å². The number of carbonyl (C=O) groups is 1. The molecule has 0 spiro atoms. The zero-order chi connectivity index (χ0) is 18.0. The van der Waals surface area contributed by atoms with E-state index in [0.29, 0.717) is 11.1 Å². The molecule has 0 amide bonds. The Balaban J connectivity index is 1.94. The van der Waals surface area contributed by atoms with E-state index in [-0.39, 0.29) is 49.2 Å². The molecule has 0 saturated carbocycles. The van der Waals surface area contributed by atoms with Crippen molar-refractivity contribution in [2.45, 2.75) is 31.1 Å². The normalized spacial score (nSPS) is 20.2. The summed E-state index contributed by atoms with van der Waals surface area (Å²) in [6.45, 7) is -0.0904. The second-order valence-electron chi connectivity index (χ2n) is 5.72. The molecular formula is C17H17FO6S. The third-order valence-corrected chi connectivity index (χ3v) is 5.63. The number of halogens is 1. The monoisotopic (exact) mass is 368 g/mol. The number of benzene rings is 1. The quantitative estimate of drug-likeness (QED) is 0.600. The molecule has 25 heavy (non-hydrogen) atoms. The second-order valence-corrected chi connectivity index (χ2v) is 7.48. The number of rotatable bonds is 4. The first kappa shape index (κ1) is 17.5. The number of allylic oxidation sites excluding steroid dienone is 3. The number of hydrogen-bond donors (Lipinski definition) is 0. The van der Waals surface area contributed by atoms with Gasteiger partial charge in [0.1, 0.15) is 11.9 Å². The molecule has 2 aliphatic rings. The van der Waals surface area contributed by atoms with E-state index < -0.39 is 15.4 Å². The molecule has 1 heterocycles. The second kappa shape index (κ2) is 6.87. The van der Waals surface area contributed by atoms with E-state index in [1.54, 1.807) is 12.1 Å². The molecule has 8 heteroatoms. The van der Waals surface area contributed by atoms with Crippen LogP contribution in [-0.4, -0.2) is 26.7 Å². The Morgan fingerprint density at radius 3 is 2.88 bits per heavy atom. The van der Waals surface area contributed by atoms with Crippen LogP contribution in [0.1, 0.15) is 24.0 Å². The van der Waals surface area contributed by atoms with Gasteiger partial charge in [0, 0.05) is 12.0 Å². The van der Waals surface area contributed by atoms with Gasteiger partial charge in [-0.25, -0.2) is 4.39 Å². The van der Waals surface area contributed by atoms with E-state index in [4.69, 9.17) is 13.7 Å². The molecule has 6 nitrogen and oxygen atoms in total. The first-order valence-corrected chi connectivity index (χ1v) is 9.18. The lowest BCUT2D eigenvalue weighted by Crippen LogP contribution is -2.26. The summed E-state index contributed by atoms with van der Waals surface area (Å²) in [5.74, 6) is -0.531. The van der Waals surface area contributed by atoms with E-state index in [2.05, 4.69) is 0 Å². The Labute approximate surface area is 145 Å². The number of methoxy groups -OCH3 is 1. The van der Waals surface area contributed by atoms with Gasteiger partial charge in [0.15, 0.2) is 11.5 Å². The maximum absolute atomic E-state index is 13.3. The highest BCUT2D eigenvalue weighted by Crippen LogP contribution is 2.38. The number of esters is 1. The maximum atomic E-state index is 13.3. The van der Waals surface area contributed by atoms with Gasteiger partial charge < -0.3 is 13.7 Å².